The maximum atomic E-state index is 9.45. The standard InChI is InChI=1S/C17H19NO2/c19-7-6-16-17-14(10-18-16)8-12(11-20)9-15(17)13-4-2-1-3-5-13/h1-5,8-9,16,18-20H,6-7,10-11H2/t16-/m1/s1. The van der Waals surface area contributed by atoms with Crippen LogP contribution in [-0.2, 0) is 13.2 Å². The normalized spacial score (nSPS) is 17.2. The van der Waals surface area contributed by atoms with Gasteiger partial charge in [0.25, 0.3) is 0 Å². The van der Waals surface area contributed by atoms with Crippen molar-refractivity contribution in [3.05, 3.63) is 59.2 Å². The van der Waals surface area contributed by atoms with E-state index in [0.29, 0.717) is 6.42 Å². The first-order valence-electron chi connectivity index (χ1n) is 6.99. The van der Waals surface area contributed by atoms with Crippen molar-refractivity contribution < 1.29 is 10.2 Å². The van der Waals surface area contributed by atoms with Gasteiger partial charge in [0.1, 0.15) is 0 Å². The first kappa shape index (κ1) is 13.3. The fourth-order valence-corrected chi connectivity index (χ4v) is 3.00. The molecule has 0 radical (unpaired) electrons. The Morgan fingerprint density at radius 1 is 1.10 bits per heavy atom. The molecule has 104 valence electrons. The zero-order valence-electron chi connectivity index (χ0n) is 11.3. The number of aliphatic hydroxyl groups excluding tert-OH is 2. The minimum absolute atomic E-state index is 0.0534. The van der Waals surface area contributed by atoms with Gasteiger partial charge in [-0.2, -0.15) is 0 Å². The summed E-state index contributed by atoms with van der Waals surface area (Å²) in [6.07, 6.45) is 0.714. The van der Waals surface area contributed by atoms with Crippen molar-refractivity contribution in [1.29, 1.82) is 0 Å². The van der Waals surface area contributed by atoms with Crippen LogP contribution in [0.4, 0.5) is 0 Å². The highest BCUT2D eigenvalue weighted by atomic mass is 16.3. The summed E-state index contributed by atoms with van der Waals surface area (Å²) in [5.74, 6) is 0. The molecule has 0 fully saturated rings. The third-order valence-electron chi connectivity index (χ3n) is 3.90. The SMILES string of the molecule is OCC[C@H]1NCc2cc(CO)cc(-c3ccccc3)c21. The number of benzene rings is 2. The van der Waals surface area contributed by atoms with E-state index in [1.165, 1.54) is 11.1 Å². The molecule has 0 aromatic heterocycles. The van der Waals surface area contributed by atoms with Crippen LogP contribution in [0.2, 0.25) is 0 Å². The van der Waals surface area contributed by atoms with E-state index in [1.807, 2.05) is 18.2 Å². The Kier molecular flexibility index (Phi) is 3.83. The number of aliphatic hydroxyl groups is 2. The molecule has 1 heterocycles. The van der Waals surface area contributed by atoms with Gasteiger partial charge in [-0.1, -0.05) is 36.4 Å². The average Bonchev–Trinajstić information content (AvgIpc) is 2.91. The minimum atomic E-state index is 0.0534. The van der Waals surface area contributed by atoms with Gasteiger partial charge in [-0.3, -0.25) is 0 Å². The van der Waals surface area contributed by atoms with Crippen LogP contribution >= 0.6 is 0 Å². The van der Waals surface area contributed by atoms with Crippen LogP contribution in [0.1, 0.15) is 29.2 Å². The molecule has 3 nitrogen and oxygen atoms in total. The van der Waals surface area contributed by atoms with Crippen molar-refractivity contribution in [2.75, 3.05) is 6.61 Å². The highest BCUT2D eigenvalue weighted by Crippen LogP contribution is 2.37. The van der Waals surface area contributed by atoms with E-state index in [9.17, 15) is 10.2 Å². The second kappa shape index (κ2) is 5.75. The van der Waals surface area contributed by atoms with Crippen molar-refractivity contribution in [3.8, 4) is 11.1 Å². The van der Waals surface area contributed by atoms with Crippen LogP contribution in [0.15, 0.2) is 42.5 Å². The van der Waals surface area contributed by atoms with Gasteiger partial charge < -0.3 is 15.5 Å². The number of nitrogens with one attached hydrogen (secondary N) is 1. The molecule has 3 heteroatoms. The zero-order valence-corrected chi connectivity index (χ0v) is 11.3. The third-order valence-corrected chi connectivity index (χ3v) is 3.90. The van der Waals surface area contributed by atoms with Gasteiger partial charge in [0.05, 0.1) is 6.61 Å². The summed E-state index contributed by atoms with van der Waals surface area (Å²) in [5, 5.41) is 22.1. The van der Waals surface area contributed by atoms with Crippen molar-refractivity contribution >= 4 is 0 Å². The molecule has 20 heavy (non-hydrogen) atoms. The Hall–Kier alpha value is -1.68. The first-order chi connectivity index (χ1) is 9.83. The number of hydrogen-bond acceptors (Lipinski definition) is 3. The van der Waals surface area contributed by atoms with Crippen LogP contribution in [0, 0.1) is 0 Å². The minimum Gasteiger partial charge on any atom is -0.396 e. The molecule has 0 spiro atoms. The van der Waals surface area contributed by atoms with E-state index < -0.39 is 0 Å². The van der Waals surface area contributed by atoms with E-state index in [1.54, 1.807) is 0 Å². The molecule has 1 aliphatic rings. The van der Waals surface area contributed by atoms with Gasteiger partial charge in [-0.15, -0.1) is 0 Å². The topological polar surface area (TPSA) is 52.5 Å². The molecule has 3 N–H and O–H groups in total. The lowest BCUT2D eigenvalue weighted by atomic mass is 9.90. The lowest BCUT2D eigenvalue weighted by molar-refractivity contribution is 0.269. The summed E-state index contributed by atoms with van der Waals surface area (Å²) in [5.41, 5.74) is 5.76. The fraction of sp³-hybridized carbons (Fsp3) is 0.294. The summed E-state index contributed by atoms with van der Waals surface area (Å²) < 4.78 is 0. The maximum absolute atomic E-state index is 9.45. The fourth-order valence-electron chi connectivity index (χ4n) is 3.00. The largest absolute Gasteiger partial charge is 0.396 e. The number of fused-ring (bicyclic) bond motifs is 1. The van der Waals surface area contributed by atoms with Crippen LogP contribution < -0.4 is 5.32 Å². The third kappa shape index (κ3) is 2.36. The molecular formula is C17H19NO2. The monoisotopic (exact) mass is 269 g/mol. The highest BCUT2D eigenvalue weighted by molar-refractivity contribution is 5.71. The Morgan fingerprint density at radius 2 is 1.90 bits per heavy atom. The molecule has 2 aromatic carbocycles. The summed E-state index contributed by atoms with van der Waals surface area (Å²) in [6, 6.07) is 14.5. The Morgan fingerprint density at radius 3 is 2.60 bits per heavy atom. The van der Waals surface area contributed by atoms with Gasteiger partial charge in [0, 0.05) is 19.2 Å². The van der Waals surface area contributed by atoms with Crippen LogP contribution in [0.3, 0.4) is 0 Å². The van der Waals surface area contributed by atoms with Crippen molar-refractivity contribution in [2.45, 2.75) is 25.6 Å². The van der Waals surface area contributed by atoms with E-state index in [-0.39, 0.29) is 19.3 Å². The van der Waals surface area contributed by atoms with Crippen molar-refractivity contribution in [1.82, 2.24) is 5.32 Å². The molecule has 0 saturated heterocycles. The highest BCUT2D eigenvalue weighted by Gasteiger charge is 2.25. The number of rotatable bonds is 4. The summed E-state index contributed by atoms with van der Waals surface area (Å²) in [4.78, 5) is 0. The molecular weight excluding hydrogens is 250 g/mol. The molecule has 0 unspecified atom stereocenters. The van der Waals surface area contributed by atoms with Gasteiger partial charge in [0.2, 0.25) is 0 Å². The van der Waals surface area contributed by atoms with Gasteiger partial charge in [-0.25, -0.2) is 0 Å². The number of hydrogen-bond donors (Lipinski definition) is 3. The smallest absolute Gasteiger partial charge is 0.0682 e. The predicted molar refractivity (Wildman–Crippen MR) is 79.1 cm³/mol. The maximum Gasteiger partial charge on any atom is 0.0682 e. The van der Waals surface area contributed by atoms with Crippen LogP contribution in [0.25, 0.3) is 11.1 Å². The summed E-state index contributed by atoms with van der Waals surface area (Å²) >= 11 is 0. The summed E-state index contributed by atoms with van der Waals surface area (Å²) in [6.45, 7) is 1.03. The van der Waals surface area contributed by atoms with Gasteiger partial charge in [-0.05, 0) is 40.3 Å². The molecule has 0 amide bonds. The van der Waals surface area contributed by atoms with Crippen molar-refractivity contribution in [3.63, 3.8) is 0 Å². The average molecular weight is 269 g/mol. The Labute approximate surface area is 118 Å². The van der Waals surface area contributed by atoms with E-state index in [0.717, 1.165) is 23.2 Å². The van der Waals surface area contributed by atoms with E-state index in [2.05, 4.69) is 29.6 Å². The van der Waals surface area contributed by atoms with E-state index >= 15 is 0 Å². The lowest BCUT2D eigenvalue weighted by Crippen LogP contribution is -2.13. The second-order valence-corrected chi connectivity index (χ2v) is 5.19. The Balaban J connectivity index is 2.14. The van der Waals surface area contributed by atoms with Crippen LogP contribution in [0.5, 0.6) is 0 Å². The van der Waals surface area contributed by atoms with Gasteiger partial charge in [0.15, 0.2) is 0 Å². The second-order valence-electron chi connectivity index (χ2n) is 5.19. The summed E-state index contributed by atoms with van der Waals surface area (Å²) in [7, 11) is 0. The first-order valence-corrected chi connectivity index (χ1v) is 6.99. The molecule has 0 bridgehead atoms. The lowest BCUT2D eigenvalue weighted by Gasteiger charge is -2.16. The van der Waals surface area contributed by atoms with Crippen molar-refractivity contribution in [2.24, 2.45) is 0 Å². The molecule has 0 saturated carbocycles. The molecule has 3 rings (SSSR count). The Bertz CT molecular complexity index is 595. The zero-order chi connectivity index (χ0) is 13.9. The molecule has 0 aliphatic carbocycles. The molecule has 2 aromatic rings. The quantitative estimate of drug-likeness (QED) is 0.798. The molecule has 1 aliphatic heterocycles. The molecule has 1 atom stereocenters. The van der Waals surface area contributed by atoms with Crippen LogP contribution in [-0.4, -0.2) is 16.8 Å². The predicted octanol–water partition coefficient (Wildman–Crippen LogP) is 2.37. The van der Waals surface area contributed by atoms with Gasteiger partial charge >= 0.3 is 0 Å². The van der Waals surface area contributed by atoms with E-state index in [4.69, 9.17) is 0 Å².